The van der Waals surface area contributed by atoms with Gasteiger partial charge in [-0.3, -0.25) is 0 Å². The number of alkyl halides is 6. The number of pyridine rings is 2. The average molecular weight is 965 g/mol. The van der Waals surface area contributed by atoms with E-state index < -0.39 is 31.3 Å². The van der Waals surface area contributed by atoms with E-state index in [1.165, 1.54) is 35.4 Å². The third kappa shape index (κ3) is 15.0. The molecule has 2 aromatic heterocycles. The van der Waals surface area contributed by atoms with Crippen molar-refractivity contribution in [3.05, 3.63) is 103 Å². The van der Waals surface area contributed by atoms with Crippen molar-refractivity contribution < 1.29 is 54.7 Å². The van der Waals surface area contributed by atoms with E-state index in [-0.39, 0.29) is 0 Å². The average Bonchev–Trinajstić information content (AvgIpc) is 3.06. The molecule has 2 heterocycles. The van der Waals surface area contributed by atoms with Crippen LogP contribution >= 0.6 is 53.0 Å². The number of aryl methyl sites for hydroxylation is 4. The van der Waals surface area contributed by atoms with Gasteiger partial charge in [-0.2, -0.15) is 26.3 Å². The van der Waals surface area contributed by atoms with Gasteiger partial charge in [0.1, 0.15) is 13.1 Å². The molecular weight excluding hydrogens is 923 g/mol. The molecule has 280 valence electrons. The molecule has 15 heteroatoms. The summed E-state index contributed by atoms with van der Waals surface area (Å²) in [4.78, 5) is 24.3. The van der Waals surface area contributed by atoms with E-state index in [4.69, 9.17) is 19.2 Å². The van der Waals surface area contributed by atoms with Crippen LogP contribution in [0, 0.1) is 7.14 Å². The zero-order chi connectivity index (χ0) is 38.6. The van der Waals surface area contributed by atoms with Crippen LogP contribution in [0.2, 0.25) is 0 Å². The lowest BCUT2D eigenvalue weighted by molar-refractivity contribution is -0.693. The quantitative estimate of drug-likeness (QED) is 0.0744. The first kappa shape index (κ1) is 45.0. The second-order valence-electron chi connectivity index (χ2n) is 11.5. The van der Waals surface area contributed by atoms with Crippen LogP contribution in [-0.2, 0) is 42.8 Å². The first-order valence-electron chi connectivity index (χ1n) is 16.3. The van der Waals surface area contributed by atoms with Gasteiger partial charge < -0.3 is 19.2 Å². The molecule has 0 unspecified atom stereocenters. The van der Waals surface area contributed by atoms with Gasteiger partial charge in [0, 0.05) is 18.3 Å². The Morgan fingerprint density at radius 1 is 0.667 bits per heavy atom. The number of nitrogens with zero attached hydrogens (tertiary/aromatic N) is 2. The lowest BCUT2D eigenvalue weighted by atomic mass is 10.0. The maximum Gasteiger partial charge on any atom is 0.416 e. The highest BCUT2D eigenvalue weighted by molar-refractivity contribution is 14.1. The zero-order valence-corrected chi connectivity index (χ0v) is 33.8. The molecule has 4 rings (SSSR count). The Kier molecular flexibility index (Phi) is 18.0. The summed E-state index contributed by atoms with van der Waals surface area (Å²) in [6.07, 6.45) is 5.68. The van der Waals surface area contributed by atoms with Crippen LogP contribution < -0.4 is 18.9 Å². The van der Waals surface area contributed by atoms with Gasteiger partial charge >= 0.3 is 12.4 Å². The number of rotatable bonds is 10. The largest absolute Gasteiger partial charge is 0.790 e. The molecule has 0 aliphatic heterocycles. The Morgan fingerprint density at radius 3 is 1.27 bits per heavy atom. The lowest BCUT2D eigenvalue weighted by Crippen LogP contribution is -2.33. The second kappa shape index (κ2) is 20.4. The Balaban J connectivity index is 0.000000312. The molecule has 1 N–H and O–H groups in total. The van der Waals surface area contributed by atoms with E-state index in [1.54, 1.807) is 12.1 Å². The molecule has 0 bridgehead atoms. The number of hydrogen-bond donors (Lipinski definition) is 1. The highest BCUT2D eigenvalue weighted by atomic mass is 127. The number of unbranched alkanes of at least 4 members (excludes halogenated alkanes) is 2. The molecular formula is C36H41F6I2N2O4P. The van der Waals surface area contributed by atoms with Gasteiger partial charge in [0.2, 0.25) is 0 Å². The molecule has 0 fully saturated rings. The van der Waals surface area contributed by atoms with Crippen LogP contribution in [0.4, 0.5) is 26.3 Å². The minimum Gasteiger partial charge on any atom is -0.790 e. The summed E-state index contributed by atoms with van der Waals surface area (Å²) >= 11 is 4.51. The standard InChI is InChI=1S/2C18H20F3IN.H3O4P/c2*1-3-5-7-14-11-23(4-2)12-16(17(14)22)13-8-6-9-15(10-13)18(19,20)21;1-5(2,3)4/h2*6,8-12H,3-5,7H2,1-2H3;(H3,1,2,3,4)/q2*+1;/p-2. The van der Waals surface area contributed by atoms with E-state index in [2.05, 4.69) is 71.4 Å². The summed E-state index contributed by atoms with van der Waals surface area (Å²) in [7, 11) is -5.14. The van der Waals surface area contributed by atoms with Gasteiger partial charge in [-0.15, -0.1) is 0 Å². The third-order valence-electron chi connectivity index (χ3n) is 7.60. The molecule has 51 heavy (non-hydrogen) atoms. The number of phosphoric acid groups is 1. The monoisotopic (exact) mass is 964 g/mol. The highest BCUT2D eigenvalue weighted by Gasteiger charge is 2.32. The molecule has 0 amide bonds. The molecule has 0 aliphatic carbocycles. The summed E-state index contributed by atoms with van der Waals surface area (Å²) in [5.41, 5.74) is 4.16. The number of aromatic nitrogens is 2. The van der Waals surface area contributed by atoms with Crippen molar-refractivity contribution in [2.45, 2.75) is 91.7 Å². The van der Waals surface area contributed by atoms with Crippen molar-refractivity contribution in [2.24, 2.45) is 0 Å². The topological polar surface area (TPSA) is 91.2 Å². The van der Waals surface area contributed by atoms with E-state index in [0.29, 0.717) is 11.1 Å². The van der Waals surface area contributed by atoms with Crippen LogP contribution in [0.3, 0.4) is 0 Å². The summed E-state index contributed by atoms with van der Waals surface area (Å²) in [6.45, 7) is 9.93. The molecule has 0 radical (unpaired) electrons. The molecule has 2 aromatic carbocycles. The van der Waals surface area contributed by atoms with Gasteiger partial charge in [-0.1, -0.05) is 51.0 Å². The van der Waals surface area contributed by atoms with E-state index in [9.17, 15) is 26.3 Å². The highest BCUT2D eigenvalue weighted by Crippen LogP contribution is 2.35. The lowest BCUT2D eigenvalue weighted by Gasteiger charge is -2.19. The summed E-state index contributed by atoms with van der Waals surface area (Å²) in [6, 6.07) is 11.2. The Morgan fingerprint density at radius 2 is 1.00 bits per heavy atom. The zero-order valence-electron chi connectivity index (χ0n) is 28.6. The predicted octanol–water partition coefficient (Wildman–Crippen LogP) is 9.06. The van der Waals surface area contributed by atoms with Crippen LogP contribution in [0.25, 0.3) is 22.3 Å². The number of halogens is 8. The van der Waals surface area contributed by atoms with Gasteiger partial charge in [0.05, 0.1) is 30.1 Å². The molecule has 0 saturated heterocycles. The van der Waals surface area contributed by atoms with Crippen molar-refractivity contribution in [1.29, 1.82) is 0 Å². The molecule has 0 saturated carbocycles. The predicted molar refractivity (Wildman–Crippen MR) is 198 cm³/mol. The third-order valence-corrected chi connectivity index (χ3v) is 10.1. The van der Waals surface area contributed by atoms with E-state index >= 15 is 0 Å². The van der Waals surface area contributed by atoms with E-state index in [1.807, 2.05) is 35.4 Å². The normalized spacial score (nSPS) is 11.7. The van der Waals surface area contributed by atoms with Gasteiger partial charge in [-0.25, -0.2) is 9.13 Å². The molecule has 4 aromatic rings. The molecule has 0 atom stereocenters. The fourth-order valence-electron chi connectivity index (χ4n) is 4.96. The fourth-order valence-corrected chi connectivity index (χ4v) is 6.68. The molecule has 6 nitrogen and oxygen atoms in total. The maximum atomic E-state index is 13.0. The van der Waals surface area contributed by atoms with Crippen molar-refractivity contribution in [3.63, 3.8) is 0 Å². The van der Waals surface area contributed by atoms with Gasteiger partial charge in [-0.05, 0) is 120 Å². The summed E-state index contributed by atoms with van der Waals surface area (Å²) in [5, 5.41) is 0. The second-order valence-corrected chi connectivity index (χ2v) is 14.6. The van der Waals surface area contributed by atoms with Crippen molar-refractivity contribution in [1.82, 2.24) is 0 Å². The van der Waals surface area contributed by atoms with Gasteiger partial charge in [0.15, 0.2) is 24.8 Å². The maximum absolute atomic E-state index is 13.0. The minimum absolute atomic E-state index is 0.604. The van der Waals surface area contributed by atoms with Crippen LogP contribution in [-0.4, -0.2) is 4.89 Å². The Hall–Kier alpha value is -2.11. The minimum atomic E-state index is -5.14. The smallest absolute Gasteiger partial charge is 0.416 e. The Bertz CT molecular complexity index is 1650. The molecule has 0 spiro atoms. The first-order chi connectivity index (χ1) is 23.7. The van der Waals surface area contributed by atoms with Crippen molar-refractivity contribution >= 4 is 53.0 Å². The van der Waals surface area contributed by atoms with E-state index in [0.717, 1.165) is 82.0 Å². The Labute approximate surface area is 322 Å². The molecule has 0 aliphatic rings. The summed E-state index contributed by atoms with van der Waals surface area (Å²) < 4.78 is 92.6. The SMILES string of the molecule is CCCCc1c[n+](CC)cc(-c2cccc(C(F)(F)F)c2)c1I.CCCCc1c[n+](CC)cc(-c2cccc(C(F)(F)F)c2)c1I.O=P([O-])([O-])O. The van der Waals surface area contributed by atoms with Crippen LogP contribution in [0.5, 0.6) is 0 Å². The number of hydrogen-bond acceptors (Lipinski definition) is 3. The van der Waals surface area contributed by atoms with Crippen molar-refractivity contribution in [2.75, 3.05) is 0 Å². The van der Waals surface area contributed by atoms with Crippen LogP contribution in [0.15, 0.2) is 73.3 Å². The van der Waals surface area contributed by atoms with Crippen LogP contribution in [0.1, 0.15) is 75.6 Å². The first-order valence-corrected chi connectivity index (χ1v) is 19.9. The number of benzene rings is 2. The fraction of sp³-hybridized carbons (Fsp3) is 0.389. The van der Waals surface area contributed by atoms with Crippen molar-refractivity contribution in [3.8, 4) is 22.3 Å². The summed E-state index contributed by atoms with van der Waals surface area (Å²) in [5.74, 6) is 0. The van der Waals surface area contributed by atoms with Gasteiger partial charge in [0.25, 0.3) is 0 Å².